The van der Waals surface area contributed by atoms with E-state index in [1.807, 2.05) is 18.2 Å². The molecule has 0 radical (unpaired) electrons. The molecule has 11 rings (SSSR count). The van der Waals surface area contributed by atoms with Crippen LogP contribution in [0.3, 0.4) is 0 Å². The van der Waals surface area contributed by atoms with Crippen molar-refractivity contribution in [1.29, 1.82) is 0 Å². The van der Waals surface area contributed by atoms with Gasteiger partial charge in [0.05, 0.1) is 22.6 Å². The molecule has 8 aromatic carbocycles. The van der Waals surface area contributed by atoms with Gasteiger partial charge in [-0.25, -0.2) is 15.0 Å². The molecule has 0 amide bonds. The molecule has 10 aromatic rings. The Bertz CT molecular complexity index is 3310. The monoisotopic (exact) mass is 724 g/mol. The minimum Gasteiger partial charge on any atom is -0.455 e. The van der Waals surface area contributed by atoms with Crippen LogP contribution in [-0.4, -0.2) is 54.2 Å². The summed E-state index contributed by atoms with van der Waals surface area (Å²) in [4.78, 5) is 18.4. The van der Waals surface area contributed by atoms with E-state index in [-0.39, 0.29) is 0 Å². The number of hydrogen-bond acceptors (Lipinski definition) is 5. The normalized spacial score (nSPS) is 12.2. The van der Waals surface area contributed by atoms with Crippen molar-refractivity contribution in [3.63, 3.8) is 0 Å². The van der Waals surface area contributed by atoms with Crippen LogP contribution in [0.5, 0.6) is 0 Å². The van der Waals surface area contributed by atoms with Gasteiger partial charge in [-0.2, -0.15) is 0 Å². The molecule has 1 aliphatic heterocycles. The second kappa shape index (κ2) is 12.6. The molecule has 0 atom stereocenters. The number of para-hydroxylation sites is 3. The van der Waals surface area contributed by atoms with Crippen LogP contribution in [0, 0.1) is 0 Å². The highest BCUT2D eigenvalue weighted by molar-refractivity contribution is 6.68. The molecule has 0 aliphatic carbocycles. The van der Waals surface area contributed by atoms with E-state index in [9.17, 15) is 0 Å². The van der Waals surface area contributed by atoms with Gasteiger partial charge in [0.2, 0.25) is 0 Å². The third-order valence-corrected chi connectivity index (χ3v) is 12.4. The fourth-order valence-corrected chi connectivity index (χ4v) is 9.19. The Kier molecular flexibility index (Phi) is 7.43. The van der Waals surface area contributed by atoms with Gasteiger partial charge < -0.3 is 9.32 Å². The van der Waals surface area contributed by atoms with Crippen molar-refractivity contribution in [2.75, 3.05) is 4.90 Å². The van der Waals surface area contributed by atoms with Crippen molar-refractivity contribution < 1.29 is 4.42 Å². The SMILES string of the molecule is Bc1c(B)c(B)c(-c2nc(-c3cccc4c(N5c6ccccc6-c6cccc7cccc5c67)cccc34)nc(-c3cccc4c3oc3ccccc34)n2)c(B)c1B. The molecule has 2 aromatic heterocycles. The Hall–Kier alpha value is -6.79. The molecule has 0 saturated carbocycles. The highest BCUT2D eigenvalue weighted by Crippen LogP contribution is 2.52. The number of nitrogens with zero attached hydrogens (tertiary/aromatic N) is 4. The number of fused-ring (bicyclic) bond motifs is 6. The first kappa shape index (κ1) is 33.5. The van der Waals surface area contributed by atoms with Gasteiger partial charge in [0.25, 0.3) is 0 Å². The first-order valence-electron chi connectivity index (χ1n) is 19.5. The van der Waals surface area contributed by atoms with Crippen LogP contribution in [0.15, 0.2) is 144 Å². The van der Waals surface area contributed by atoms with Gasteiger partial charge >= 0.3 is 0 Å². The number of furan rings is 1. The second-order valence-corrected chi connectivity index (χ2v) is 15.3. The molecule has 262 valence electrons. The maximum absolute atomic E-state index is 6.56. The molecule has 0 fully saturated rings. The Morgan fingerprint density at radius 2 is 0.912 bits per heavy atom. The van der Waals surface area contributed by atoms with E-state index in [1.165, 1.54) is 54.9 Å². The average molecular weight is 724 g/mol. The standard InChI is InChI=1S/C47H33B5N4O/c48-39-38(40(49)42(51)43(52)41(39)50)47-54-45(53-46(55-47)32-19-8-17-30-28-13-2-4-23-36(28)57-44(30)32)31-18-7-15-26-25(31)14-9-21-34(26)56-33-20-3-1-12-27(33)29-16-5-10-24-11-6-22-35(56)37(24)29/h1-23H,48-52H2. The van der Waals surface area contributed by atoms with Crippen molar-refractivity contribution >= 4 is 127 Å². The van der Waals surface area contributed by atoms with Crippen molar-refractivity contribution in [2.45, 2.75) is 0 Å². The van der Waals surface area contributed by atoms with E-state index >= 15 is 0 Å². The first-order valence-corrected chi connectivity index (χ1v) is 19.5. The Balaban J connectivity index is 1.18. The zero-order valence-corrected chi connectivity index (χ0v) is 32.5. The predicted molar refractivity (Wildman–Crippen MR) is 253 cm³/mol. The highest BCUT2D eigenvalue weighted by atomic mass is 16.3. The number of anilines is 3. The molecule has 5 nitrogen and oxygen atoms in total. The molecule has 3 heterocycles. The molecule has 57 heavy (non-hydrogen) atoms. The van der Waals surface area contributed by atoms with Gasteiger partial charge in [-0.3, -0.25) is 0 Å². The molecule has 0 unspecified atom stereocenters. The molecule has 0 bridgehead atoms. The van der Waals surface area contributed by atoms with Crippen LogP contribution in [0.1, 0.15) is 0 Å². The fourth-order valence-electron chi connectivity index (χ4n) is 9.19. The maximum atomic E-state index is 6.56. The Morgan fingerprint density at radius 3 is 1.74 bits per heavy atom. The smallest absolute Gasteiger partial charge is 0.167 e. The number of aromatic nitrogens is 3. The number of rotatable bonds is 4. The summed E-state index contributed by atoms with van der Waals surface area (Å²) < 4.78 is 6.56. The van der Waals surface area contributed by atoms with Crippen LogP contribution < -0.4 is 32.2 Å². The van der Waals surface area contributed by atoms with Crippen LogP contribution in [0.2, 0.25) is 0 Å². The lowest BCUT2D eigenvalue weighted by Gasteiger charge is -2.34. The zero-order valence-electron chi connectivity index (χ0n) is 32.5. The van der Waals surface area contributed by atoms with Crippen LogP contribution >= 0.6 is 0 Å². The van der Waals surface area contributed by atoms with E-state index < -0.39 is 0 Å². The van der Waals surface area contributed by atoms with Gasteiger partial charge in [-0.05, 0) is 46.7 Å². The van der Waals surface area contributed by atoms with Gasteiger partial charge in [-0.15, -0.1) is 16.4 Å². The van der Waals surface area contributed by atoms with Gasteiger partial charge in [0.15, 0.2) is 17.5 Å². The molecule has 1 aliphatic rings. The second-order valence-electron chi connectivity index (χ2n) is 15.3. The highest BCUT2D eigenvalue weighted by Gasteiger charge is 2.27. The van der Waals surface area contributed by atoms with Crippen LogP contribution in [0.25, 0.3) is 88.8 Å². The van der Waals surface area contributed by atoms with Crippen LogP contribution in [0.4, 0.5) is 17.1 Å². The minimum absolute atomic E-state index is 0.579. The summed E-state index contributed by atoms with van der Waals surface area (Å²) >= 11 is 0. The van der Waals surface area contributed by atoms with Gasteiger partial charge in [0.1, 0.15) is 50.4 Å². The average Bonchev–Trinajstić information content (AvgIpc) is 3.64. The number of benzene rings is 8. The van der Waals surface area contributed by atoms with Crippen molar-refractivity contribution in [2.24, 2.45) is 0 Å². The Labute approximate surface area is 334 Å². The molecule has 0 saturated heterocycles. The third kappa shape index (κ3) is 4.93. The zero-order chi connectivity index (χ0) is 38.5. The largest absolute Gasteiger partial charge is 0.455 e. The summed E-state index contributed by atoms with van der Waals surface area (Å²) in [6.45, 7) is 0. The fraction of sp³-hybridized carbons (Fsp3) is 0. The minimum atomic E-state index is 0.579. The van der Waals surface area contributed by atoms with Crippen LogP contribution in [-0.2, 0) is 0 Å². The van der Waals surface area contributed by atoms with E-state index in [4.69, 9.17) is 19.4 Å². The predicted octanol–water partition coefficient (Wildman–Crippen LogP) is 3.82. The molecular formula is C47H33B5N4O. The van der Waals surface area contributed by atoms with Crippen molar-refractivity contribution in [1.82, 2.24) is 15.0 Å². The quantitative estimate of drug-likeness (QED) is 0.259. The summed E-state index contributed by atoms with van der Waals surface area (Å²) in [5, 5.41) is 6.76. The third-order valence-electron chi connectivity index (χ3n) is 12.4. The molecule has 0 spiro atoms. The summed E-state index contributed by atoms with van der Waals surface area (Å²) in [6.07, 6.45) is 0. The number of hydrogen-bond donors (Lipinski definition) is 0. The summed E-state index contributed by atoms with van der Waals surface area (Å²) in [7, 11) is 11.0. The molecule has 10 heteroatoms. The Morgan fingerprint density at radius 1 is 0.386 bits per heavy atom. The first-order chi connectivity index (χ1) is 27.9. The van der Waals surface area contributed by atoms with Gasteiger partial charge in [0, 0.05) is 38.2 Å². The summed E-state index contributed by atoms with van der Waals surface area (Å²) in [6, 6.07) is 49.4. The van der Waals surface area contributed by atoms with E-state index in [0.29, 0.717) is 17.5 Å². The van der Waals surface area contributed by atoms with E-state index in [0.717, 1.165) is 60.8 Å². The lowest BCUT2D eigenvalue weighted by atomic mass is 9.60. The van der Waals surface area contributed by atoms with E-state index in [2.05, 4.69) is 165 Å². The topological polar surface area (TPSA) is 55.1 Å². The van der Waals surface area contributed by atoms with Crippen molar-refractivity contribution in [3.8, 4) is 45.3 Å². The lowest BCUT2D eigenvalue weighted by molar-refractivity contribution is 0.669. The molecule has 0 N–H and O–H groups in total. The summed E-state index contributed by atoms with van der Waals surface area (Å²) in [5.41, 5.74) is 16.5. The lowest BCUT2D eigenvalue weighted by Crippen LogP contribution is -2.55. The maximum Gasteiger partial charge on any atom is 0.167 e. The summed E-state index contributed by atoms with van der Waals surface area (Å²) in [5.74, 6) is 1.86. The van der Waals surface area contributed by atoms with Crippen molar-refractivity contribution in [3.05, 3.63) is 140 Å². The van der Waals surface area contributed by atoms with E-state index in [1.54, 1.807) is 0 Å². The molecular weight excluding hydrogens is 691 g/mol. The van der Waals surface area contributed by atoms with Gasteiger partial charge in [-0.1, -0.05) is 120 Å².